The smallest absolute Gasteiger partial charge is 0.253 e. The maximum Gasteiger partial charge on any atom is 0.253 e. The number of nitrogens with one attached hydrogen (secondary N) is 2. The third-order valence-electron chi connectivity index (χ3n) is 9.13. The Morgan fingerprint density at radius 1 is 1.06 bits per heavy atom. The van der Waals surface area contributed by atoms with Gasteiger partial charge in [-0.1, -0.05) is 51.1 Å². The third kappa shape index (κ3) is 8.60. The number of nitrogens with zero attached hydrogens (tertiary/aromatic N) is 4. The summed E-state index contributed by atoms with van der Waals surface area (Å²) in [5.74, 6) is -3.68. The SMILES string of the molecule is CC(C)(C)[C@H](c1nc(-c2cc(F)ccc2F)cn1Cc1ccccc1)N(CC[C@H](N)C(=O)NC1(C(=O)NCCN2C(=O)C=CC2=O)CC1)C(=O)CO. The van der Waals surface area contributed by atoms with Crippen LogP contribution in [0, 0.1) is 17.0 Å². The molecule has 15 heteroatoms. The minimum Gasteiger partial charge on any atom is -0.387 e. The minimum absolute atomic E-state index is 0.00168. The fourth-order valence-electron chi connectivity index (χ4n) is 6.24. The highest BCUT2D eigenvalue weighted by Gasteiger charge is 2.51. The number of carbonyl (C=O) groups excluding carboxylic acids is 5. The molecule has 1 fully saturated rings. The van der Waals surface area contributed by atoms with Gasteiger partial charge in [0.1, 0.15) is 29.6 Å². The molecule has 1 aliphatic carbocycles. The molecule has 0 bridgehead atoms. The lowest BCUT2D eigenvalue weighted by atomic mass is 9.84. The Labute approximate surface area is 299 Å². The highest BCUT2D eigenvalue weighted by atomic mass is 19.1. The molecule has 52 heavy (non-hydrogen) atoms. The standard InChI is InChI=1S/C37H43F2N7O6/c1-36(2,3)32(33-42-28(25-19-24(38)9-10-26(25)39)21-44(33)20-23-7-5-4-6-8-23)46(31(50)22-47)17-13-27(40)34(51)43-37(14-15-37)35(52)41-16-18-45-29(48)11-12-30(45)49/h4-12,19,21,27,32,47H,13-18,20,22,40H2,1-3H3,(H,41,52)(H,43,51)/t27-,32-/m0/s1. The lowest BCUT2D eigenvalue weighted by Crippen LogP contribution is -2.55. The number of imide groups is 1. The Morgan fingerprint density at radius 3 is 2.35 bits per heavy atom. The lowest BCUT2D eigenvalue weighted by molar-refractivity contribution is -0.140. The van der Waals surface area contributed by atoms with Crippen molar-refractivity contribution in [3.63, 3.8) is 0 Å². The number of nitrogens with two attached hydrogens (primary N) is 1. The van der Waals surface area contributed by atoms with Gasteiger partial charge in [0.2, 0.25) is 17.7 Å². The van der Waals surface area contributed by atoms with Gasteiger partial charge < -0.3 is 30.9 Å². The van der Waals surface area contributed by atoms with E-state index in [1.165, 1.54) is 4.90 Å². The number of aliphatic hydroxyl groups is 1. The van der Waals surface area contributed by atoms with Gasteiger partial charge in [-0.25, -0.2) is 13.8 Å². The first-order valence-electron chi connectivity index (χ1n) is 17.0. The number of rotatable bonds is 15. The first-order valence-corrected chi connectivity index (χ1v) is 17.0. The van der Waals surface area contributed by atoms with Crippen molar-refractivity contribution in [3.05, 3.63) is 89.9 Å². The van der Waals surface area contributed by atoms with Crippen LogP contribution in [0.3, 0.4) is 0 Å². The monoisotopic (exact) mass is 719 g/mol. The number of aliphatic hydroxyl groups excluding tert-OH is 1. The Kier molecular flexibility index (Phi) is 11.3. The summed E-state index contributed by atoms with van der Waals surface area (Å²) in [5, 5.41) is 15.5. The van der Waals surface area contributed by atoms with E-state index in [-0.39, 0.29) is 43.9 Å². The topological polar surface area (TPSA) is 180 Å². The molecule has 2 heterocycles. The lowest BCUT2D eigenvalue weighted by Gasteiger charge is -2.40. The summed E-state index contributed by atoms with van der Waals surface area (Å²) in [5.41, 5.74) is 5.36. The summed E-state index contributed by atoms with van der Waals surface area (Å²) in [6, 6.07) is 10.5. The molecule has 2 aromatic carbocycles. The van der Waals surface area contributed by atoms with E-state index in [1.807, 2.05) is 51.1 Å². The van der Waals surface area contributed by atoms with E-state index in [2.05, 4.69) is 10.6 Å². The average Bonchev–Trinajstić information content (AvgIpc) is 3.68. The van der Waals surface area contributed by atoms with Crippen LogP contribution >= 0.6 is 0 Å². The van der Waals surface area contributed by atoms with Crippen LogP contribution in [0.1, 0.15) is 57.5 Å². The van der Waals surface area contributed by atoms with Gasteiger partial charge in [0.05, 0.1) is 17.8 Å². The van der Waals surface area contributed by atoms with Crippen molar-refractivity contribution in [2.45, 2.75) is 64.2 Å². The van der Waals surface area contributed by atoms with Crippen LogP contribution in [-0.2, 0) is 30.5 Å². The number of benzene rings is 2. The molecule has 0 unspecified atom stereocenters. The molecule has 1 saturated carbocycles. The molecule has 5 N–H and O–H groups in total. The second kappa shape index (κ2) is 15.5. The molecule has 1 aromatic heterocycles. The van der Waals surface area contributed by atoms with Crippen molar-refractivity contribution >= 4 is 29.5 Å². The highest BCUT2D eigenvalue weighted by Crippen LogP contribution is 2.40. The highest BCUT2D eigenvalue weighted by molar-refractivity contribution is 6.12. The van der Waals surface area contributed by atoms with Crippen molar-refractivity contribution in [1.29, 1.82) is 0 Å². The number of hydrogen-bond donors (Lipinski definition) is 4. The van der Waals surface area contributed by atoms with E-state index in [9.17, 15) is 37.9 Å². The Morgan fingerprint density at radius 2 is 1.73 bits per heavy atom. The van der Waals surface area contributed by atoms with Crippen molar-refractivity contribution in [2.75, 3.05) is 26.2 Å². The van der Waals surface area contributed by atoms with Crippen LogP contribution in [-0.4, -0.2) is 91.8 Å². The molecule has 1 aliphatic heterocycles. The summed E-state index contributed by atoms with van der Waals surface area (Å²) in [7, 11) is 0. The van der Waals surface area contributed by atoms with E-state index in [0.29, 0.717) is 18.7 Å². The van der Waals surface area contributed by atoms with E-state index >= 15 is 0 Å². The van der Waals surface area contributed by atoms with Gasteiger partial charge in [0, 0.05) is 50.1 Å². The summed E-state index contributed by atoms with van der Waals surface area (Å²) in [6.45, 7) is 4.92. The summed E-state index contributed by atoms with van der Waals surface area (Å²) in [4.78, 5) is 70.4. The van der Waals surface area contributed by atoms with Gasteiger partial charge in [0.15, 0.2) is 0 Å². The van der Waals surface area contributed by atoms with Gasteiger partial charge in [-0.2, -0.15) is 0 Å². The summed E-state index contributed by atoms with van der Waals surface area (Å²) < 4.78 is 31.0. The molecule has 3 aromatic rings. The molecule has 13 nitrogen and oxygen atoms in total. The number of carbonyl (C=O) groups is 5. The predicted molar refractivity (Wildman–Crippen MR) is 186 cm³/mol. The molecule has 5 rings (SSSR count). The van der Waals surface area contributed by atoms with E-state index in [1.54, 1.807) is 10.8 Å². The largest absolute Gasteiger partial charge is 0.387 e. The average molecular weight is 720 g/mol. The van der Waals surface area contributed by atoms with Gasteiger partial charge in [-0.15, -0.1) is 0 Å². The molecule has 2 atom stereocenters. The van der Waals surface area contributed by atoms with Crippen molar-refractivity contribution in [1.82, 2.24) is 30.0 Å². The number of amides is 5. The molecule has 0 spiro atoms. The molecule has 5 amide bonds. The van der Waals surface area contributed by atoms with E-state index in [0.717, 1.165) is 40.8 Å². The van der Waals surface area contributed by atoms with Crippen LogP contribution in [0.4, 0.5) is 8.78 Å². The van der Waals surface area contributed by atoms with E-state index in [4.69, 9.17) is 10.7 Å². The van der Waals surface area contributed by atoms with Crippen molar-refractivity contribution in [3.8, 4) is 11.3 Å². The Balaban J connectivity index is 1.34. The maximum absolute atomic E-state index is 15.0. The Bertz CT molecular complexity index is 1850. The van der Waals surface area contributed by atoms with Gasteiger partial charge >= 0.3 is 0 Å². The van der Waals surface area contributed by atoms with Crippen LogP contribution < -0.4 is 16.4 Å². The van der Waals surface area contributed by atoms with Gasteiger partial charge in [-0.05, 0) is 48.4 Å². The second-order valence-corrected chi connectivity index (χ2v) is 14.1. The number of hydrogen-bond acceptors (Lipinski definition) is 8. The van der Waals surface area contributed by atoms with E-state index < -0.39 is 70.8 Å². The number of aromatic nitrogens is 2. The number of imidazole rings is 1. The first kappa shape index (κ1) is 38.0. The van der Waals surface area contributed by atoms with Gasteiger partial charge in [-0.3, -0.25) is 28.9 Å². The van der Waals surface area contributed by atoms with Crippen LogP contribution in [0.25, 0.3) is 11.3 Å². The molecule has 2 aliphatic rings. The third-order valence-corrected chi connectivity index (χ3v) is 9.13. The predicted octanol–water partition coefficient (Wildman–Crippen LogP) is 2.19. The number of halogens is 2. The fourth-order valence-corrected chi connectivity index (χ4v) is 6.24. The zero-order valence-electron chi connectivity index (χ0n) is 29.3. The second-order valence-electron chi connectivity index (χ2n) is 14.1. The Hall–Kier alpha value is -5.28. The molecule has 0 radical (unpaired) electrons. The zero-order valence-corrected chi connectivity index (χ0v) is 29.3. The summed E-state index contributed by atoms with van der Waals surface area (Å²) >= 11 is 0. The molecular formula is C37H43F2N7O6. The maximum atomic E-state index is 15.0. The van der Waals surface area contributed by atoms with Gasteiger partial charge in [0.25, 0.3) is 11.8 Å². The van der Waals surface area contributed by atoms with Crippen LogP contribution in [0.2, 0.25) is 0 Å². The molecular weight excluding hydrogens is 676 g/mol. The summed E-state index contributed by atoms with van der Waals surface area (Å²) in [6.07, 6.45) is 4.56. The minimum atomic E-state index is -1.19. The molecule has 276 valence electrons. The van der Waals surface area contributed by atoms with Crippen molar-refractivity contribution < 1.29 is 37.9 Å². The fraction of sp³-hybridized carbons (Fsp3) is 0.405. The quantitative estimate of drug-likeness (QED) is 0.173. The normalized spacial score (nSPS) is 16.1. The first-order chi connectivity index (χ1) is 24.6. The zero-order chi connectivity index (χ0) is 37.8. The van der Waals surface area contributed by atoms with Crippen LogP contribution in [0.15, 0.2) is 66.9 Å². The molecule has 0 saturated heterocycles. The van der Waals surface area contributed by atoms with Crippen LogP contribution in [0.5, 0.6) is 0 Å². The van der Waals surface area contributed by atoms with Crippen molar-refractivity contribution in [2.24, 2.45) is 11.1 Å².